The number of phenols is 1. The topological polar surface area (TPSA) is 158 Å². The third-order valence-corrected chi connectivity index (χ3v) is 7.51. The number of ketones is 2. The summed E-state index contributed by atoms with van der Waals surface area (Å²) in [4.78, 5) is 38.3. The van der Waals surface area contributed by atoms with E-state index >= 15 is 0 Å². The van der Waals surface area contributed by atoms with Crippen LogP contribution in [0.25, 0.3) is 12.2 Å². The molecule has 0 aliphatic heterocycles. The van der Waals surface area contributed by atoms with Gasteiger partial charge >= 0.3 is 0 Å². The van der Waals surface area contributed by atoms with Crippen molar-refractivity contribution in [1.29, 1.82) is 0 Å². The molecule has 0 fully saturated rings. The molecule has 0 saturated heterocycles. The lowest BCUT2D eigenvalue weighted by atomic mass is 9.60. The zero-order valence-electron chi connectivity index (χ0n) is 19.5. The van der Waals surface area contributed by atoms with Crippen LogP contribution in [-0.4, -0.2) is 43.5 Å². The molecule has 3 aliphatic rings. The van der Waals surface area contributed by atoms with Crippen molar-refractivity contribution in [2.24, 2.45) is 17.6 Å². The van der Waals surface area contributed by atoms with Crippen molar-refractivity contribution >= 4 is 29.6 Å². The number of carbonyl (C=O) groups excluding carboxylic acids is 3. The monoisotopic (exact) mass is 487 g/mol. The molecule has 0 radical (unpaired) electrons. The molecule has 8 nitrogen and oxygen atoms in total. The zero-order chi connectivity index (χ0) is 25.9. The Hall–Kier alpha value is -4.17. The summed E-state index contributed by atoms with van der Waals surface area (Å²) in [6, 6.07) is 11.0. The fourth-order valence-corrected chi connectivity index (χ4v) is 5.66. The standard InChI is InChI=1S/C28H25NO7/c1-13-2-4-14(5-3-13)6-7-15-8-9-19(30)22-18(15)11-16-10-17-12-20(31)23(27(29)35)26(34)28(17,36)25(33)21(16)24(22)32/h2-9,16-17,30-31,33,36H,10-12H2,1H3,(H2,29,35)/b7-6+/t16-,17+,28+/m1/s1. The van der Waals surface area contributed by atoms with Gasteiger partial charge in [-0.1, -0.05) is 48.0 Å². The van der Waals surface area contributed by atoms with Crippen molar-refractivity contribution in [3.8, 4) is 5.75 Å². The number of rotatable bonds is 3. The third-order valence-electron chi connectivity index (χ3n) is 7.51. The number of primary amides is 1. The van der Waals surface area contributed by atoms with Crippen molar-refractivity contribution in [3.63, 3.8) is 0 Å². The first-order valence-corrected chi connectivity index (χ1v) is 11.6. The van der Waals surface area contributed by atoms with E-state index in [2.05, 4.69) is 0 Å². The molecule has 36 heavy (non-hydrogen) atoms. The molecule has 0 unspecified atom stereocenters. The van der Waals surface area contributed by atoms with Crippen LogP contribution in [0.3, 0.4) is 0 Å². The van der Waals surface area contributed by atoms with Gasteiger partial charge in [-0.15, -0.1) is 0 Å². The van der Waals surface area contributed by atoms with Crippen LogP contribution in [0.4, 0.5) is 0 Å². The Balaban J connectivity index is 1.60. The maximum atomic E-state index is 13.6. The van der Waals surface area contributed by atoms with E-state index in [-0.39, 0.29) is 36.1 Å². The second-order valence-corrected chi connectivity index (χ2v) is 9.68. The van der Waals surface area contributed by atoms with Crippen LogP contribution in [0.1, 0.15) is 45.5 Å². The summed E-state index contributed by atoms with van der Waals surface area (Å²) in [6.45, 7) is 1.99. The predicted octanol–water partition coefficient (Wildman–Crippen LogP) is 3.06. The normalized spacial score (nSPS) is 25.6. The summed E-state index contributed by atoms with van der Waals surface area (Å²) in [5, 5.41) is 43.2. The highest BCUT2D eigenvalue weighted by Gasteiger charge is 2.59. The van der Waals surface area contributed by atoms with Crippen LogP contribution in [-0.2, 0) is 16.0 Å². The average molecular weight is 488 g/mol. The quantitative estimate of drug-likeness (QED) is 0.329. The second kappa shape index (κ2) is 8.20. The summed E-state index contributed by atoms with van der Waals surface area (Å²) < 4.78 is 0. The van der Waals surface area contributed by atoms with Crippen LogP contribution in [0.15, 0.2) is 59.1 Å². The second-order valence-electron chi connectivity index (χ2n) is 9.68. The van der Waals surface area contributed by atoms with Crippen molar-refractivity contribution < 1.29 is 34.8 Å². The SMILES string of the molecule is Cc1ccc(/C=C/c2ccc(O)c3c2C[C@H]2C[C@H]4CC(O)=C(C(N)=O)C(=O)[C@@]4(O)C(O)=C2C3=O)cc1. The van der Waals surface area contributed by atoms with Gasteiger partial charge in [0.15, 0.2) is 11.4 Å². The maximum Gasteiger partial charge on any atom is 0.255 e. The van der Waals surface area contributed by atoms with E-state index in [0.717, 1.165) is 16.7 Å². The van der Waals surface area contributed by atoms with E-state index in [1.54, 1.807) is 6.07 Å². The van der Waals surface area contributed by atoms with Crippen molar-refractivity contribution in [2.75, 3.05) is 0 Å². The number of phenolic OH excluding ortho intramolecular Hbond substituents is 1. The number of nitrogens with two attached hydrogens (primary N) is 1. The molecular formula is C28H25NO7. The number of aromatic hydroxyl groups is 1. The van der Waals surface area contributed by atoms with Gasteiger partial charge < -0.3 is 26.2 Å². The number of amides is 1. The summed E-state index contributed by atoms with van der Waals surface area (Å²) in [5.74, 6) is -6.35. The third kappa shape index (κ3) is 3.37. The molecule has 0 saturated carbocycles. The minimum Gasteiger partial charge on any atom is -0.511 e. The number of carbonyl (C=O) groups is 3. The van der Waals surface area contributed by atoms with Gasteiger partial charge in [-0.3, -0.25) is 14.4 Å². The molecule has 0 spiro atoms. The number of allylic oxidation sites excluding steroid dienone is 2. The Morgan fingerprint density at radius 1 is 1.03 bits per heavy atom. The Bertz CT molecular complexity index is 1430. The highest BCUT2D eigenvalue weighted by atomic mass is 16.3. The molecule has 0 bridgehead atoms. The zero-order valence-corrected chi connectivity index (χ0v) is 19.5. The molecule has 3 atom stereocenters. The summed E-state index contributed by atoms with van der Waals surface area (Å²) >= 11 is 0. The van der Waals surface area contributed by atoms with E-state index in [4.69, 9.17) is 5.73 Å². The molecule has 0 aromatic heterocycles. The molecule has 6 N–H and O–H groups in total. The van der Waals surface area contributed by atoms with Gasteiger partial charge in [-0.05, 0) is 48.4 Å². The van der Waals surface area contributed by atoms with Gasteiger partial charge in [0, 0.05) is 17.9 Å². The smallest absolute Gasteiger partial charge is 0.255 e. The van der Waals surface area contributed by atoms with Gasteiger partial charge in [0.1, 0.15) is 22.8 Å². The highest BCUT2D eigenvalue weighted by molar-refractivity contribution is 6.24. The van der Waals surface area contributed by atoms with Crippen LogP contribution in [0.5, 0.6) is 5.75 Å². The molecular weight excluding hydrogens is 462 g/mol. The number of aliphatic hydroxyl groups excluding tert-OH is 2. The number of aliphatic hydroxyl groups is 3. The molecule has 184 valence electrons. The Morgan fingerprint density at radius 3 is 2.39 bits per heavy atom. The van der Waals surface area contributed by atoms with Gasteiger partial charge in [0.25, 0.3) is 5.91 Å². The molecule has 0 heterocycles. The highest BCUT2D eigenvalue weighted by Crippen LogP contribution is 2.51. The molecule has 2 aromatic rings. The fourth-order valence-electron chi connectivity index (χ4n) is 5.66. The minimum absolute atomic E-state index is 0.00215. The average Bonchev–Trinajstić information content (AvgIpc) is 2.81. The summed E-state index contributed by atoms with van der Waals surface area (Å²) in [6.07, 6.45) is 3.85. The summed E-state index contributed by atoms with van der Waals surface area (Å²) in [5.41, 5.74) is 5.09. The van der Waals surface area contributed by atoms with Gasteiger partial charge in [0.2, 0.25) is 5.78 Å². The first-order valence-electron chi connectivity index (χ1n) is 11.6. The first-order chi connectivity index (χ1) is 17.0. The Morgan fingerprint density at radius 2 is 1.72 bits per heavy atom. The largest absolute Gasteiger partial charge is 0.511 e. The van der Waals surface area contributed by atoms with E-state index < -0.39 is 52.0 Å². The number of aryl methyl sites for hydroxylation is 1. The van der Waals surface area contributed by atoms with E-state index in [9.17, 15) is 34.8 Å². The van der Waals surface area contributed by atoms with Crippen LogP contribution in [0, 0.1) is 18.8 Å². The van der Waals surface area contributed by atoms with Crippen molar-refractivity contribution in [2.45, 2.75) is 31.8 Å². The van der Waals surface area contributed by atoms with Crippen LogP contribution < -0.4 is 5.73 Å². The number of Topliss-reactive ketones (excluding diaryl/α,β-unsaturated/α-hetero) is 2. The van der Waals surface area contributed by atoms with Gasteiger partial charge in [-0.25, -0.2) is 0 Å². The minimum atomic E-state index is -2.56. The van der Waals surface area contributed by atoms with Crippen LogP contribution in [0.2, 0.25) is 0 Å². The predicted molar refractivity (Wildman–Crippen MR) is 131 cm³/mol. The van der Waals surface area contributed by atoms with Gasteiger partial charge in [-0.2, -0.15) is 0 Å². The van der Waals surface area contributed by atoms with E-state index in [1.807, 2.05) is 43.3 Å². The van der Waals surface area contributed by atoms with Crippen LogP contribution >= 0.6 is 0 Å². The number of fused-ring (bicyclic) bond motifs is 3. The lowest BCUT2D eigenvalue weighted by Gasteiger charge is -2.45. The molecule has 2 aromatic carbocycles. The Kier molecular flexibility index (Phi) is 5.37. The Labute approximate surface area is 206 Å². The maximum absolute atomic E-state index is 13.6. The first kappa shape index (κ1) is 23.6. The molecule has 3 aliphatic carbocycles. The van der Waals surface area contributed by atoms with E-state index in [0.29, 0.717) is 5.56 Å². The number of hydrogen-bond acceptors (Lipinski definition) is 7. The fraction of sp³-hybridized carbons (Fsp3) is 0.250. The number of hydrogen-bond donors (Lipinski definition) is 5. The summed E-state index contributed by atoms with van der Waals surface area (Å²) in [7, 11) is 0. The molecule has 1 amide bonds. The lowest BCUT2D eigenvalue weighted by Crippen LogP contribution is -2.57. The van der Waals surface area contributed by atoms with Crippen molar-refractivity contribution in [1.82, 2.24) is 0 Å². The molecule has 8 heteroatoms. The molecule has 5 rings (SSSR count). The lowest BCUT2D eigenvalue weighted by molar-refractivity contribution is -0.144. The number of benzene rings is 2. The van der Waals surface area contributed by atoms with Gasteiger partial charge in [0.05, 0.1) is 5.56 Å². The van der Waals surface area contributed by atoms with Crippen molar-refractivity contribution in [3.05, 3.63) is 86.9 Å². The van der Waals surface area contributed by atoms with E-state index in [1.165, 1.54) is 6.07 Å².